The topological polar surface area (TPSA) is 286 Å². The van der Waals surface area contributed by atoms with E-state index in [9.17, 15) is 49.2 Å². The van der Waals surface area contributed by atoms with Gasteiger partial charge in [0.1, 0.15) is 41.2 Å². The first-order valence-electron chi connectivity index (χ1n) is 15.1. The molecule has 1 fully saturated rings. The number of phenolic OH excluding ortho intramolecular Hbond substituents is 3. The molecule has 1 unspecified atom stereocenters. The van der Waals surface area contributed by atoms with Crippen LogP contribution in [0.15, 0.2) is 68.3 Å². The van der Waals surface area contributed by atoms with Gasteiger partial charge in [0.25, 0.3) is 17.5 Å². The minimum atomic E-state index is -2.10. The van der Waals surface area contributed by atoms with Crippen LogP contribution < -0.4 is 16.1 Å². The number of benzene rings is 2. The fourth-order valence-corrected chi connectivity index (χ4v) is 8.01. The Bertz CT molecular complexity index is 2260. The largest absolute Gasteiger partial charge is 0.508 e. The van der Waals surface area contributed by atoms with Crippen molar-refractivity contribution in [3.8, 4) is 17.2 Å². The molecule has 2 aromatic carbocycles. The molecule has 20 nitrogen and oxygen atoms in total. The van der Waals surface area contributed by atoms with Crippen LogP contribution in [0.4, 0.5) is 0 Å². The molecular weight excluding hydrogens is 743 g/mol. The van der Waals surface area contributed by atoms with Gasteiger partial charge in [-0.2, -0.15) is 0 Å². The zero-order valence-electron chi connectivity index (χ0n) is 27.3. The number of fused-ring (bicyclic) bond motifs is 2. The van der Waals surface area contributed by atoms with Crippen molar-refractivity contribution in [2.24, 2.45) is 0 Å². The standard InChI is InChI=1S/C31H27N7O13S2/c1-49-19(41)9-37-30(34-35-36-37)53-12-14-11-52-29-31(50-2,28(48)38(29)21(14)27(46)47)33-26(45)20(13-3-5-15(39)6-4-13)32-25(44)17-10-51-24-16(22(17)42)7-8-18(40)23(24)43/h3-8,10,20,29,39-40,43H,9,11-12H2,1-2H3,(H,32,44)(H,33,45)(H,46,47)/t20?,29-,31-/m0/s1. The molecule has 2 aliphatic rings. The number of hydrogen-bond donors (Lipinski definition) is 6. The second-order valence-electron chi connectivity index (χ2n) is 11.3. The first kappa shape index (κ1) is 36.7. The Balaban J connectivity index is 1.25. The third kappa shape index (κ3) is 6.58. The van der Waals surface area contributed by atoms with Crippen LogP contribution in [0.25, 0.3) is 11.0 Å². The fourth-order valence-electron chi connectivity index (χ4n) is 5.55. The average Bonchev–Trinajstić information content (AvgIpc) is 3.59. The summed E-state index contributed by atoms with van der Waals surface area (Å²) in [6, 6.07) is 5.63. The summed E-state index contributed by atoms with van der Waals surface area (Å²) in [5, 5.41) is 54.8. The van der Waals surface area contributed by atoms with Gasteiger partial charge in [-0.05, 0) is 45.8 Å². The summed E-state index contributed by atoms with van der Waals surface area (Å²) in [5.74, 6) is -6.47. The second kappa shape index (κ2) is 14.5. The van der Waals surface area contributed by atoms with Crippen LogP contribution in [-0.4, -0.2) is 112 Å². The number of methoxy groups -OCH3 is 2. The maximum atomic E-state index is 14.0. The van der Waals surface area contributed by atoms with Crippen molar-refractivity contribution in [3.05, 3.63) is 75.3 Å². The Morgan fingerprint density at radius 2 is 1.85 bits per heavy atom. The van der Waals surface area contributed by atoms with E-state index in [0.717, 1.165) is 53.9 Å². The van der Waals surface area contributed by atoms with Gasteiger partial charge in [-0.15, -0.1) is 16.9 Å². The molecule has 2 aliphatic heterocycles. The number of esters is 1. The normalized spacial score (nSPS) is 18.6. The van der Waals surface area contributed by atoms with Gasteiger partial charge >= 0.3 is 11.9 Å². The molecule has 3 atom stereocenters. The highest BCUT2D eigenvalue weighted by atomic mass is 32.2. The van der Waals surface area contributed by atoms with E-state index in [1.54, 1.807) is 0 Å². The number of carbonyl (C=O) groups is 5. The summed E-state index contributed by atoms with van der Waals surface area (Å²) < 4.78 is 16.6. The molecule has 22 heteroatoms. The summed E-state index contributed by atoms with van der Waals surface area (Å²) in [6.07, 6.45) is 0.739. The molecule has 2 aromatic heterocycles. The molecule has 6 N–H and O–H groups in total. The van der Waals surface area contributed by atoms with Crippen molar-refractivity contribution in [1.82, 2.24) is 35.7 Å². The van der Waals surface area contributed by atoms with Crippen molar-refractivity contribution >= 4 is 64.2 Å². The molecule has 1 saturated heterocycles. The first-order valence-corrected chi connectivity index (χ1v) is 17.1. The summed E-state index contributed by atoms with van der Waals surface area (Å²) in [6.45, 7) is -0.286. The monoisotopic (exact) mass is 769 g/mol. The minimum absolute atomic E-state index is 0.0114. The van der Waals surface area contributed by atoms with Crippen LogP contribution in [0.1, 0.15) is 22.0 Å². The molecule has 0 aliphatic carbocycles. The van der Waals surface area contributed by atoms with Gasteiger partial charge < -0.3 is 45.0 Å². The number of phenols is 3. The summed E-state index contributed by atoms with van der Waals surface area (Å²) in [4.78, 5) is 79.7. The number of β-lactam (4-membered cyclic amide) rings is 1. The number of ether oxygens (including phenoxy) is 2. The summed E-state index contributed by atoms with van der Waals surface area (Å²) >= 11 is 2.11. The Kier molecular flexibility index (Phi) is 10.0. The van der Waals surface area contributed by atoms with Crippen LogP contribution in [0, 0.1) is 0 Å². The van der Waals surface area contributed by atoms with Crippen molar-refractivity contribution in [1.29, 1.82) is 0 Å². The van der Waals surface area contributed by atoms with Crippen LogP contribution in [-0.2, 0) is 35.2 Å². The number of hydrogen-bond acceptors (Lipinski definition) is 17. The zero-order chi connectivity index (χ0) is 38.2. The summed E-state index contributed by atoms with van der Waals surface area (Å²) in [5.41, 5.74) is -3.90. The lowest BCUT2D eigenvalue weighted by Crippen LogP contribution is -2.81. The van der Waals surface area contributed by atoms with E-state index in [4.69, 9.17) is 9.15 Å². The van der Waals surface area contributed by atoms with Crippen molar-refractivity contribution < 1.29 is 58.3 Å². The predicted octanol–water partition coefficient (Wildman–Crippen LogP) is 0.0454. The Labute approximate surface area is 304 Å². The van der Waals surface area contributed by atoms with Gasteiger partial charge in [0.05, 0.1) is 12.5 Å². The molecule has 0 bridgehead atoms. The maximum absolute atomic E-state index is 14.0. The predicted molar refractivity (Wildman–Crippen MR) is 180 cm³/mol. The van der Waals surface area contributed by atoms with E-state index in [2.05, 4.69) is 30.9 Å². The first-order chi connectivity index (χ1) is 25.3. The highest BCUT2D eigenvalue weighted by Crippen LogP contribution is 2.47. The lowest BCUT2D eigenvalue weighted by molar-refractivity contribution is -0.192. The Morgan fingerprint density at radius 1 is 1.11 bits per heavy atom. The number of carboxylic acids is 1. The van der Waals surface area contributed by atoms with E-state index in [1.165, 1.54) is 36.1 Å². The molecule has 276 valence electrons. The number of carboxylic acid groups (broad SMARTS) is 1. The third-order valence-electron chi connectivity index (χ3n) is 8.23. The number of thioether (sulfide) groups is 2. The number of rotatable bonds is 12. The number of amides is 3. The molecule has 6 rings (SSSR count). The van der Waals surface area contributed by atoms with E-state index >= 15 is 0 Å². The van der Waals surface area contributed by atoms with Gasteiger partial charge in [-0.1, -0.05) is 23.9 Å². The van der Waals surface area contributed by atoms with Crippen LogP contribution in [0.5, 0.6) is 17.2 Å². The van der Waals surface area contributed by atoms with Crippen molar-refractivity contribution in [3.63, 3.8) is 0 Å². The van der Waals surface area contributed by atoms with Gasteiger partial charge in [-0.3, -0.25) is 28.9 Å². The molecule has 4 aromatic rings. The van der Waals surface area contributed by atoms with Crippen molar-refractivity contribution in [2.75, 3.05) is 25.7 Å². The van der Waals surface area contributed by atoms with Gasteiger partial charge in [-0.25, -0.2) is 9.48 Å². The van der Waals surface area contributed by atoms with Gasteiger partial charge in [0.2, 0.25) is 22.2 Å². The Morgan fingerprint density at radius 3 is 2.53 bits per heavy atom. The van der Waals surface area contributed by atoms with Gasteiger partial charge in [0, 0.05) is 18.6 Å². The number of carbonyl (C=O) groups excluding carboxylic acids is 4. The number of aromatic nitrogens is 4. The fraction of sp³-hybridized carbons (Fsp3) is 0.258. The molecular formula is C31H27N7O13S2. The maximum Gasteiger partial charge on any atom is 0.352 e. The third-order valence-corrected chi connectivity index (χ3v) is 10.6. The molecule has 0 saturated carbocycles. The zero-order valence-corrected chi connectivity index (χ0v) is 29.0. The summed E-state index contributed by atoms with van der Waals surface area (Å²) in [7, 11) is 2.33. The SMILES string of the molecule is COC(=O)Cn1nnnc1SCC1=C(C(=O)O)N2C(=O)[C@](NC(=O)C(NC(=O)c3coc4c(O)c(O)ccc4c3=O)c3ccc(O)cc3)(OC)[C@@H]2SC1. The number of aromatic hydroxyl groups is 3. The molecule has 53 heavy (non-hydrogen) atoms. The lowest BCUT2D eigenvalue weighted by atomic mass is 9.96. The average molecular weight is 770 g/mol. The highest BCUT2D eigenvalue weighted by Gasteiger charge is 2.67. The highest BCUT2D eigenvalue weighted by molar-refractivity contribution is 8.01. The smallest absolute Gasteiger partial charge is 0.352 e. The van der Waals surface area contributed by atoms with E-state index < -0.39 is 69.3 Å². The lowest BCUT2D eigenvalue weighted by Gasteiger charge is -2.56. The van der Waals surface area contributed by atoms with E-state index in [0.29, 0.717) is 5.57 Å². The van der Waals surface area contributed by atoms with Crippen molar-refractivity contribution in [2.45, 2.75) is 28.8 Å². The molecule has 0 radical (unpaired) electrons. The number of nitrogens with one attached hydrogen (secondary N) is 2. The molecule has 0 spiro atoms. The van der Waals surface area contributed by atoms with E-state index in [-0.39, 0.29) is 51.2 Å². The molecule has 3 amide bonds. The van der Waals surface area contributed by atoms with Crippen LogP contribution in [0.2, 0.25) is 0 Å². The molecule has 4 heterocycles. The van der Waals surface area contributed by atoms with Crippen LogP contribution in [0.3, 0.4) is 0 Å². The van der Waals surface area contributed by atoms with E-state index in [1.807, 2.05) is 0 Å². The number of nitrogens with zero attached hydrogens (tertiary/aromatic N) is 5. The second-order valence-corrected chi connectivity index (χ2v) is 13.3. The van der Waals surface area contributed by atoms with Crippen LogP contribution >= 0.6 is 23.5 Å². The van der Waals surface area contributed by atoms with Gasteiger partial charge in [0.15, 0.2) is 11.3 Å². The Hall–Kier alpha value is -6.13. The minimum Gasteiger partial charge on any atom is -0.508 e. The number of aliphatic carboxylic acids is 1. The quantitative estimate of drug-likeness (QED) is 0.0365. The number of tetrazole rings is 1.